The van der Waals surface area contributed by atoms with Gasteiger partial charge in [0.1, 0.15) is 0 Å². The second-order valence-corrected chi connectivity index (χ2v) is 6.56. The second kappa shape index (κ2) is 8.23. The van der Waals surface area contributed by atoms with Crippen molar-refractivity contribution < 1.29 is 0 Å². The molecule has 0 aromatic heterocycles. The van der Waals surface area contributed by atoms with Crippen LogP contribution >= 0.6 is 0 Å². The zero-order chi connectivity index (χ0) is 15.1. The van der Waals surface area contributed by atoms with Crippen molar-refractivity contribution in [3.8, 4) is 0 Å². The van der Waals surface area contributed by atoms with E-state index in [-0.39, 0.29) is 6.04 Å². The number of hydrogen-bond donors (Lipinski definition) is 2. The van der Waals surface area contributed by atoms with Gasteiger partial charge < -0.3 is 21.3 Å². The van der Waals surface area contributed by atoms with Crippen LogP contribution in [0.4, 0.5) is 0 Å². The van der Waals surface area contributed by atoms with E-state index in [9.17, 15) is 0 Å². The molecule has 0 heterocycles. The van der Waals surface area contributed by atoms with Crippen molar-refractivity contribution in [3.05, 3.63) is 24.0 Å². The minimum Gasteiger partial charge on any atom is -0.385 e. The minimum atomic E-state index is 0.0623. The highest BCUT2D eigenvalue weighted by atomic mass is 15.2. The summed E-state index contributed by atoms with van der Waals surface area (Å²) in [6.07, 6.45) is 5.73. The number of nitrogens with two attached hydrogens (primary N) is 2. The van der Waals surface area contributed by atoms with Crippen molar-refractivity contribution >= 4 is 0 Å². The Morgan fingerprint density at radius 2 is 1.79 bits per heavy atom. The predicted octanol–water partition coefficient (Wildman–Crippen LogP) is 1.60. The summed E-state index contributed by atoms with van der Waals surface area (Å²) in [5, 5.41) is 0. The van der Waals surface area contributed by atoms with Crippen LogP contribution in [0.15, 0.2) is 24.0 Å². The van der Waals surface area contributed by atoms with E-state index in [2.05, 4.69) is 37.6 Å². The van der Waals surface area contributed by atoms with E-state index in [4.69, 9.17) is 11.5 Å². The predicted molar refractivity (Wildman–Crippen MR) is 84.6 cm³/mol. The Hall–Kier alpha value is -1.00. The summed E-state index contributed by atoms with van der Waals surface area (Å²) in [6.45, 7) is 11.7. The molecule has 0 aliphatic heterocycles. The molecule has 0 radical (unpaired) electrons. The first kappa shape index (κ1) is 18.0. The molecule has 0 amide bonds. The summed E-state index contributed by atoms with van der Waals surface area (Å²) in [4.78, 5) is 4.40. The van der Waals surface area contributed by atoms with Gasteiger partial charge in [-0.25, -0.2) is 0 Å². The van der Waals surface area contributed by atoms with E-state index in [0.717, 1.165) is 25.5 Å². The lowest BCUT2D eigenvalue weighted by molar-refractivity contribution is 0.210. The standard InChI is InChI=1S/C15H32N4/c1-13(16)8-7-9-14(17)19(6)11-10-18(5)12-15(2,3)4/h7-9,13H,10-12,16-17H2,1-6H3/b8-7-,14-9+. The maximum atomic E-state index is 5.99. The molecule has 0 fully saturated rings. The maximum absolute atomic E-state index is 5.99. The first-order valence-electron chi connectivity index (χ1n) is 6.91. The fourth-order valence-electron chi connectivity index (χ4n) is 1.80. The molecule has 0 aromatic rings. The van der Waals surface area contributed by atoms with Gasteiger partial charge in [-0.2, -0.15) is 0 Å². The molecular weight excluding hydrogens is 236 g/mol. The average Bonchev–Trinajstić information content (AvgIpc) is 2.22. The summed E-state index contributed by atoms with van der Waals surface area (Å²) >= 11 is 0. The molecule has 4 N–H and O–H groups in total. The Labute approximate surface area is 119 Å². The van der Waals surface area contributed by atoms with Crippen molar-refractivity contribution in [2.24, 2.45) is 16.9 Å². The zero-order valence-electron chi connectivity index (χ0n) is 13.5. The zero-order valence-corrected chi connectivity index (χ0v) is 13.5. The van der Waals surface area contributed by atoms with E-state index in [1.807, 2.05) is 32.2 Å². The molecule has 0 aliphatic carbocycles. The Balaban J connectivity index is 4.13. The fourth-order valence-corrected chi connectivity index (χ4v) is 1.80. The Bertz CT molecular complexity index is 300. The highest BCUT2D eigenvalue weighted by molar-refractivity contribution is 5.10. The molecule has 1 atom stereocenters. The Morgan fingerprint density at radius 3 is 2.26 bits per heavy atom. The number of nitrogens with zero attached hydrogens (tertiary/aromatic N) is 2. The first-order chi connectivity index (χ1) is 8.61. The third kappa shape index (κ3) is 10.6. The van der Waals surface area contributed by atoms with Crippen LogP contribution in [0.1, 0.15) is 27.7 Å². The van der Waals surface area contributed by atoms with E-state index < -0.39 is 0 Å². The lowest BCUT2D eigenvalue weighted by Crippen LogP contribution is -2.36. The lowest BCUT2D eigenvalue weighted by Gasteiger charge is -2.28. The van der Waals surface area contributed by atoms with E-state index in [1.54, 1.807) is 0 Å². The highest BCUT2D eigenvalue weighted by Crippen LogP contribution is 2.13. The summed E-state index contributed by atoms with van der Waals surface area (Å²) in [6, 6.07) is 0.0623. The molecule has 0 saturated heterocycles. The van der Waals surface area contributed by atoms with Crippen molar-refractivity contribution in [1.29, 1.82) is 0 Å². The van der Waals surface area contributed by atoms with Crippen LogP contribution in [-0.2, 0) is 0 Å². The average molecular weight is 268 g/mol. The molecule has 1 unspecified atom stereocenters. The van der Waals surface area contributed by atoms with Gasteiger partial charge in [0.05, 0.1) is 5.82 Å². The summed E-state index contributed by atoms with van der Waals surface area (Å²) in [5.41, 5.74) is 12.0. The van der Waals surface area contributed by atoms with Gasteiger partial charge in [-0.15, -0.1) is 0 Å². The van der Waals surface area contributed by atoms with Crippen molar-refractivity contribution in [3.63, 3.8) is 0 Å². The minimum absolute atomic E-state index is 0.0623. The number of allylic oxidation sites excluding steroid dienone is 2. The second-order valence-electron chi connectivity index (χ2n) is 6.56. The normalized spacial score (nSPS) is 15.3. The molecule has 0 saturated carbocycles. The largest absolute Gasteiger partial charge is 0.385 e. The molecule has 0 bridgehead atoms. The Morgan fingerprint density at radius 1 is 1.21 bits per heavy atom. The van der Waals surface area contributed by atoms with E-state index in [1.165, 1.54) is 0 Å². The van der Waals surface area contributed by atoms with Crippen molar-refractivity contribution in [1.82, 2.24) is 9.80 Å². The van der Waals surface area contributed by atoms with Crippen LogP contribution in [0, 0.1) is 5.41 Å². The smallest absolute Gasteiger partial charge is 0.0984 e. The van der Waals surface area contributed by atoms with E-state index in [0.29, 0.717) is 5.41 Å². The molecule has 19 heavy (non-hydrogen) atoms. The Kier molecular flexibility index (Phi) is 7.79. The number of likely N-dealkylation sites (N-methyl/N-ethyl adjacent to an activating group) is 2. The van der Waals surface area contributed by atoms with E-state index >= 15 is 0 Å². The summed E-state index contributed by atoms with van der Waals surface area (Å²) < 4.78 is 0. The van der Waals surface area contributed by atoms with Crippen LogP contribution in [0.3, 0.4) is 0 Å². The lowest BCUT2D eigenvalue weighted by atomic mass is 9.96. The van der Waals surface area contributed by atoms with Gasteiger partial charge in [-0.1, -0.05) is 32.9 Å². The van der Waals surface area contributed by atoms with Gasteiger partial charge in [0.2, 0.25) is 0 Å². The van der Waals surface area contributed by atoms with Gasteiger partial charge in [0.15, 0.2) is 0 Å². The molecule has 0 aromatic carbocycles. The van der Waals surface area contributed by atoms with Crippen molar-refractivity contribution in [2.75, 3.05) is 33.7 Å². The molecule has 0 spiro atoms. The van der Waals surface area contributed by atoms with Crippen LogP contribution in [-0.4, -0.2) is 49.6 Å². The molecule has 0 aliphatic rings. The van der Waals surface area contributed by atoms with Crippen LogP contribution in [0.2, 0.25) is 0 Å². The first-order valence-corrected chi connectivity index (χ1v) is 6.91. The van der Waals surface area contributed by atoms with Gasteiger partial charge >= 0.3 is 0 Å². The SMILES string of the molecule is CC(N)/C=C\C=C(/N)N(C)CCN(C)CC(C)(C)C. The van der Waals surface area contributed by atoms with Gasteiger partial charge in [-0.3, -0.25) is 0 Å². The fraction of sp³-hybridized carbons (Fsp3) is 0.733. The third-order valence-electron chi connectivity index (χ3n) is 2.68. The van der Waals surface area contributed by atoms with Gasteiger partial charge in [-0.05, 0) is 25.5 Å². The van der Waals surface area contributed by atoms with Crippen LogP contribution in [0.25, 0.3) is 0 Å². The van der Waals surface area contributed by atoms with Gasteiger partial charge in [0, 0.05) is 32.7 Å². The van der Waals surface area contributed by atoms with Gasteiger partial charge in [0.25, 0.3) is 0 Å². The maximum Gasteiger partial charge on any atom is 0.0984 e. The summed E-state index contributed by atoms with van der Waals surface area (Å²) in [7, 11) is 4.16. The molecule has 4 heteroatoms. The summed E-state index contributed by atoms with van der Waals surface area (Å²) in [5.74, 6) is 0.765. The molecule has 4 nitrogen and oxygen atoms in total. The molecule has 112 valence electrons. The van der Waals surface area contributed by atoms with Crippen LogP contribution in [0.5, 0.6) is 0 Å². The topological polar surface area (TPSA) is 58.5 Å². The monoisotopic (exact) mass is 268 g/mol. The third-order valence-corrected chi connectivity index (χ3v) is 2.68. The van der Waals surface area contributed by atoms with Crippen molar-refractivity contribution in [2.45, 2.75) is 33.7 Å². The molecular formula is C15H32N4. The number of rotatable bonds is 7. The number of hydrogen-bond acceptors (Lipinski definition) is 4. The quantitative estimate of drug-likeness (QED) is 0.689. The molecule has 0 rings (SSSR count). The van der Waals surface area contributed by atoms with Crippen LogP contribution < -0.4 is 11.5 Å². The highest BCUT2D eigenvalue weighted by Gasteiger charge is 2.13.